The zero-order chi connectivity index (χ0) is 13.2. The van der Waals surface area contributed by atoms with Crippen LogP contribution in [0.15, 0.2) is 43.0 Å². The molecule has 1 unspecified atom stereocenters. The van der Waals surface area contributed by atoms with Crippen LogP contribution in [0.2, 0.25) is 0 Å². The smallest absolute Gasteiger partial charge is 0.238 e. The number of aliphatic hydroxyl groups is 1. The minimum atomic E-state index is -0.927. The van der Waals surface area contributed by atoms with Crippen molar-refractivity contribution in [1.29, 1.82) is 0 Å². The molecule has 0 spiro atoms. The predicted octanol–water partition coefficient (Wildman–Crippen LogP) is 1.21. The molecule has 96 valence electrons. The molecule has 3 rings (SSSR count). The summed E-state index contributed by atoms with van der Waals surface area (Å²) in [5.74, 6) is 0.310. The molecule has 1 N–H and O–H groups in total. The molecule has 19 heavy (non-hydrogen) atoms. The van der Waals surface area contributed by atoms with Gasteiger partial charge in [0.05, 0.1) is 18.8 Å². The van der Waals surface area contributed by atoms with Crippen LogP contribution in [-0.4, -0.2) is 31.8 Å². The van der Waals surface area contributed by atoms with Gasteiger partial charge in [-0.05, 0) is 12.1 Å². The molecule has 0 radical (unpaired) electrons. The number of fused-ring (bicyclic) bond motifs is 1. The Hall–Kier alpha value is -2.47. The lowest BCUT2D eigenvalue weighted by molar-refractivity contribution is 0.209. The predicted molar refractivity (Wildman–Crippen MR) is 67.8 cm³/mol. The van der Waals surface area contributed by atoms with Gasteiger partial charge in [0.1, 0.15) is 11.8 Å². The number of ether oxygens (including phenoxy) is 1. The van der Waals surface area contributed by atoms with Crippen LogP contribution in [0.4, 0.5) is 0 Å². The maximum absolute atomic E-state index is 10.5. The van der Waals surface area contributed by atoms with E-state index in [9.17, 15) is 5.11 Å². The van der Waals surface area contributed by atoms with Gasteiger partial charge >= 0.3 is 0 Å². The van der Waals surface area contributed by atoms with Crippen LogP contribution in [0, 0.1) is 0 Å². The lowest BCUT2D eigenvalue weighted by Crippen LogP contribution is -2.06. The number of pyridine rings is 1. The number of nitrogens with zero attached hydrogens (tertiary/aromatic N) is 4. The van der Waals surface area contributed by atoms with E-state index in [0.29, 0.717) is 17.1 Å². The van der Waals surface area contributed by atoms with Crippen LogP contribution in [0.3, 0.4) is 0 Å². The summed E-state index contributed by atoms with van der Waals surface area (Å²) < 4.78 is 6.81. The van der Waals surface area contributed by atoms with Gasteiger partial charge in [0.25, 0.3) is 0 Å². The van der Waals surface area contributed by atoms with Crippen LogP contribution < -0.4 is 4.74 Å². The summed E-state index contributed by atoms with van der Waals surface area (Å²) in [5, 5.41) is 14.6. The Morgan fingerprint density at radius 3 is 2.95 bits per heavy atom. The summed E-state index contributed by atoms with van der Waals surface area (Å²) in [6.07, 6.45) is 5.55. The molecule has 6 heteroatoms. The minimum absolute atomic E-state index is 0.310. The zero-order valence-electron chi connectivity index (χ0n) is 10.3. The van der Waals surface area contributed by atoms with Gasteiger partial charge < -0.3 is 9.84 Å². The molecule has 0 amide bonds. The largest absolute Gasteiger partial charge is 0.480 e. The Morgan fingerprint density at radius 2 is 2.11 bits per heavy atom. The zero-order valence-corrected chi connectivity index (χ0v) is 10.3. The average Bonchev–Trinajstić information content (AvgIpc) is 2.90. The highest BCUT2D eigenvalue weighted by atomic mass is 16.5. The number of hydrogen-bond donors (Lipinski definition) is 1. The summed E-state index contributed by atoms with van der Waals surface area (Å²) in [5.41, 5.74) is 1.87. The number of aromatic nitrogens is 4. The van der Waals surface area contributed by atoms with Crippen LogP contribution in [0.25, 0.3) is 5.52 Å². The van der Waals surface area contributed by atoms with Crippen molar-refractivity contribution in [3.8, 4) is 5.88 Å². The van der Waals surface area contributed by atoms with Gasteiger partial charge in [0.15, 0.2) is 0 Å². The van der Waals surface area contributed by atoms with E-state index >= 15 is 0 Å². The van der Waals surface area contributed by atoms with E-state index < -0.39 is 6.10 Å². The first-order valence-electron chi connectivity index (χ1n) is 5.76. The van der Waals surface area contributed by atoms with Gasteiger partial charge in [0.2, 0.25) is 5.88 Å². The van der Waals surface area contributed by atoms with E-state index in [1.54, 1.807) is 10.7 Å². The minimum Gasteiger partial charge on any atom is -0.480 e. The fraction of sp³-hybridized carbons (Fsp3) is 0.154. The van der Waals surface area contributed by atoms with Gasteiger partial charge in [-0.1, -0.05) is 6.07 Å². The molecule has 0 fully saturated rings. The summed E-state index contributed by atoms with van der Waals surface area (Å²) >= 11 is 0. The Kier molecular flexibility index (Phi) is 2.85. The van der Waals surface area contributed by atoms with Gasteiger partial charge in [-0.2, -0.15) is 5.10 Å². The summed E-state index contributed by atoms with van der Waals surface area (Å²) in [6.45, 7) is 0. The van der Waals surface area contributed by atoms with E-state index in [2.05, 4.69) is 15.1 Å². The normalized spacial score (nSPS) is 12.5. The molecule has 0 saturated heterocycles. The van der Waals surface area contributed by atoms with Crippen molar-refractivity contribution in [2.75, 3.05) is 7.11 Å². The molecule has 0 aromatic carbocycles. The van der Waals surface area contributed by atoms with Crippen molar-refractivity contribution in [3.05, 3.63) is 54.2 Å². The quantitative estimate of drug-likeness (QED) is 0.762. The summed E-state index contributed by atoms with van der Waals surface area (Å²) in [7, 11) is 1.50. The van der Waals surface area contributed by atoms with Crippen LogP contribution >= 0.6 is 0 Å². The van der Waals surface area contributed by atoms with Crippen molar-refractivity contribution in [1.82, 2.24) is 19.6 Å². The Labute approximate surface area is 109 Å². The Bertz CT molecular complexity index is 710. The third kappa shape index (κ3) is 1.92. The van der Waals surface area contributed by atoms with E-state index in [4.69, 9.17) is 4.74 Å². The fourth-order valence-corrected chi connectivity index (χ4v) is 1.99. The van der Waals surface area contributed by atoms with Crippen molar-refractivity contribution in [2.45, 2.75) is 6.10 Å². The monoisotopic (exact) mass is 256 g/mol. The van der Waals surface area contributed by atoms with Crippen molar-refractivity contribution in [2.24, 2.45) is 0 Å². The molecule has 3 aromatic rings. The Morgan fingerprint density at radius 1 is 1.26 bits per heavy atom. The first-order chi connectivity index (χ1) is 9.31. The molecule has 0 aliphatic carbocycles. The van der Waals surface area contributed by atoms with Gasteiger partial charge in [-0.3, -0.25) is 4.98 Å². The maximum atomic E-state index is 10.5. The second kappa shape index (κ2) is 4.66. The maximum Gasteiger partial charge on any atom is 0.238 e. The number of hydrogen-bond acceptors (Lipinski definition) is 5. The highest BCUT2D eigenvalue weighted by Gasteiger charge is 2.21. The molecule has 0 aliphatic heterocycles. The number of aliphatic hydroxyl groups excluding tert-OH is 1. The number of rotatable bonds is 3. The van der Waals surface area contributed by atoms with E-state index in [-0.39, 0.29) is 0 Å². The molecule has 0 aliphatic rings. The molecule has 3 heterocycles. The Balaban J connectivity index is 2.11. The first kappa shape index (κ1) is 11.6. The van der Waals surface area contributed by atoms with E-state index in [1.165, 1.54) is 19.5 Å². The van der Waals surface area contributed by atoms with E-state index in [1.807, 2.05) is 24.4 Å². The van der Waals surface area contributed by atoms with Gasteiger partial charge in [-0.15, -0.1) is 0 Å². The summed E-state index contributed by atoms with van der Waals surface area (Å²) in [4.78, 5) is 8.17. The molecule has 6 nitrogen and oxygen atoms in total. The van der Waals surface area contributed by atoms with Crippen LogP contribution in [-0.2, 0) is 0 Å². The second-order valence-corrected chi connectivity index (χ2v) is 3.98. The third-order valence-electron chi connectivity index (χ3n) is 2.89. The second-order valence-electron chi connectivity index (χ2n) is 3.98. The highest BCUT2D eigenvalue weighted by Crippen LogP contribution is 2.28. The summed E-state index contributed by atoms with van der Waals surface area (Å²) in [6, 6.07) is 5.65. The fourth-order valence-electron chi connectivity index (χ4n) is 1.99. The third-order valence-corrected chi connectivity index (χ3v) is 2.89. The molecular weight excluding hydrogens is 244 g/mol. The standard InChI is InChI=1S/C13H12N4O2/c1-19-13-11(14-5-6-15-13)12(18)9-8-16-17-7-3-2-4-10(9)17/h2-8,12,18H,1H3. The SMILES string of the molecule is COc1nccnc1C(O)c1cnn2ccccc12. The molecular formula is C13H12N4O2. The van der Waals surface area contributed by atoms with Crippen molar-refractivity contribution in [3.63, 3.8) is 0 Å². The lowest BCUT2D eigenvalue weighted by atomic mass is 10.1. The number of methoxy groups -OCH3 is 1. The molecule has 1 atom stereocenters. The van der Waals surface area contributed by atoms with Gasteiger partial charge in [0, 0.05) is 24.2 Å². The average molecular weight is 256 g/mol. The lowest BCUT2D eigenvalue weighted by Gasteiger charge is -2.11. The highest BCUT2D eigenvalue weighted by molar-refractivity contribution is 5.56. The van der Waals surface area contributed by atoms with E-state index in [0.717, 1.165) is 5.52 Å². The van der Waals surface area contributed by atoms with Gasteiger partial charge in [-0.25, -0.2) is 9.50 Å². The molecule has 0 saturated carbocycles. The van der Waals surface area contributed by atoms with Crippen molar-refractivity contribution < 1.29 is 9.84 Å². The van der Waals surface area contributed by atoms with Crippen LogP contribution in [0.1, 0.15) is 17.4 Å². The molecule has 3 aromatic heterocycles. The topological polar surface area (TPSA) is 72.5 Å². The first-order valence-corrected chi connectivity index (χ1v) is 5.76. The van der Waals surface area contributed by atoms with Crippen molar-refractivity contribution >= 4 is 5.52 Å². The molecule has 0 bridgehead atoms. The van der Waals surface area contributed by atoms with Crippen LogP contribution in [0.5, 0.6) is 5.88 Å².